The number of carbonyl (C=O) groups excluding carboxylic acids is 1. The van der Waals surface area contributed by atoms with Crippen LogP contribution in [0.3, 0.4) is 0 Å². The number of rotatable bonds is 12. The lowest BCUT2D eigenvalue weighted by atomic mass is 9.72. The molecule has 2 fully saturated rings. The summed E-state index contributed by atoms with van der Waals surface area (Å²) in [6.45, 7) is 11.6. The molecule has 0 radical (unpaired) electrons. The zero-order valence-corrected chi connectivity index (χ0v) is 38.4. The second-order valence-electron chi connectivity index (χ2n) is 18.3. The molecule has 4 N–H and O–H groups in total. The molecule has 0 spiro atoms. The van der Waals surface area contributed by atoms with Crippen molar-refractivity contribution in [3.8, 4) is 5.88 Å². The van der Waals surface area contributed by atoms with Gasteiger partial charge in [0.25, 0.3) is 11.6 Å². The first-order valence-corrected chi connectivity index (χ1v) is 24.4. The zero-order valence-electron chi connectivity index (χ0n) is 36.9. The van der Waals surface area contributed by atoms with Crippen molar-refractivity contribution in [2.24, 2.45) is 11.3 Å². The Balaban J connectivity index is 0.986. The van der Waals surface area contributed by atoms with E-state index in [0.717, 1.165) is 87.0 Å². The van der Waals surface area contributed by atoms with Crippen LogP contribution in [0, 0.1) is 26.2 Å². The Morgan fingerprint density at radius 3 is 2.55 bits per heavy atom. The smallest absolute Gasteiger partial charge is 0.293 e. The number of benzene rings is 3. The van der Waals surface area contributed by atoms with Crippen LogP contribution in [0.2, 0.25) is 5.02 Å². The van der Waals surface area contributed by atoms with E-state index in [1.54, 1.807) is 6.07 Å². The molecule has 3 aliphatic heterocycles. The summed E-state index contributed by atoms with van der Waals surface area (Å²) in [6.07, 6.45) is 7.37. The fourth-order valence-corrected chi connectivity index (χ4v) is 10.6. The summed E-state index contributed by atoms with van der Waals surface area (Å²) >= 11 is 6.28. The number of halogens is 1. The van der Waals surface area contributed by atoms with Crippen molar-refractivity contribution in [1.29, 1.82) is 4.78 Å². The van der Waals surface area contributed by atoms with Gasteiger partial charge in [0.05, 0.1) is 27.7 Å². The van der Waals surface area contributed by atoms with Crippen molar-refractivity contribution >= 4 is 72.5 Å². The summed E-state index contributed by atoms with van der Waals surface area (Å²) in [7, 11) is -4.07. The highest BCUT2D eigenvalue weighted by molar-refractivity contribution is 7.91. The minimum atomic E-state index is -4.07. The van der Waals surface area contributed by atoms with Gasteiger partial charge >= 0.3 is 0 Å². The first-order valence-electron chi connectivity index (χ1n) is 22.5. The molecule has 9 rings (SSSR count). The molecule has 1 amide bonds. The summed E-state index contributed by atoms with van der Waals surface area (Å²) in [4.78, 5) is 40.8. The fraction of sp³-hybridized carbons (Fsp3) is 0.417. The van der Waals surface area contributed by atoms with Crippen LogP contribution in [0.15, 0.2) is 89.5 Å². The summed E-state index contributed by atoms with van der Waals surface area (Å²) in [6, 6.07) is 21.7. The molecule has 4 aliphatic rings. The molecular weight excluding hydrogens is 866 g/mol. The van der Waals surface area contributed by atoms with Gasteiger partial charge < -0.3 is 29.6 Å². The second-order valence-corrected chi connectivity index (χ2v) is 20.6. The highest BCUT2D eigenvalue weighted by Crippen LogP contribution is 2.44. The number of amides is 1. The number of anilines is 4. The number of aromatic nitrogens is 2. The lowest BCUT2D eigenvalue weighted by Crippen LogP contribution is -2.47. The summed E-state index contributed by atoms with van der Waals surface area (Å²) in [5.41, 5.74) is 7.35. The number of aromatic amines is 1. The molecule has 5 aromatic rings. The number of piperazine rings is 1. The van der Waals surface area contributed by atoms with Gasteiger partial charge in [-0.15, -0.1) is 0 Å². The SMILES string of the molecule is CC1(C)CCC(CN2CCN(c3ccc(C(=O)NS(=N)(=O)c4ccc(NCC5CCOCC5)c([N+](=O)[O-])c4)c(N4CCCOc5nc6[nH]ccc6cc54)c3)CC2)=C(c2ccc(Cl)cc2)C1. The highest BCUT2D eigenvalue weighted by Gasteiger charge is 2.32. The van der Waals surface area contributed by atoms with Crippen molar-refractivity contribution in [3.05, 3.63) is 111 Å². The van der Waals surface area contributed by atoms with Gasteiger partial charge in [-0.25, -0.2) is 8.99 Å². The van der Waals surface area contributed by atoms with E-state index in [1.165, 1.54) is 28.8 Å². The minimum absolute atomic E-state index is 0.175. The molecule has 1 atom stereocenters. The maximum absolute atomic E-state index is 14.5. The predicted molar refractivity (Wildman–Crippen MR) is 256 cm³/mol. The van der Waals surface area contributed by atoms with Crippen LogP contribution in [0.1, 0.15) is 68.3 Å². The zero-order chi connectivity index (χ0) is 45.3. The molecule has 17 heteroatoms. The van der Waals surface area contributed by atoms with E-state index < -0.39 is 20.7 Å². The van der Waals surface area contributed by atoms with Crippen LogP contribution in [0.25, 0.3) is 16.6 Å². The van der Waals surface area contributed by atoms with Gasteiger partial charge in [-0.2, -0.15) is 4.98 Å². The van der Waals surface area contributed by atoms with Crippen LogP contribution in [-0.2, 0) is 14.7 Å². The quantitative estimate of drug-likeness (QED) is 0.0691. The largest absolute Gasteiger partial charge is 0.476 e. The summed E-state index contributed by atoms with van der Waals surface area (Å²) in [5.74, 6) is -0.0284. The highest BCUT2D eigenvalue weighted by atomic mass is 35.5. The Hall–Kier alpha value is -5.68. The number of fused-ring (bicyclic) bond motifs is 2. The molecule has 0 saturated carbocycles. The van der Waals surface area contributed by atoms with E-state index >= 15 is 0 Å². The monoisotopic (exact) mass is 921 g/mol. The Kier molecular flexibility index (Phi) is 12.8. The van der Waals surface area contributed by atoms with Gasteiger partial charge in [0, 0.05) is 87.4 Å². The molecular formula is C48H56ClN9O6S. The second kappa shape index (κ2) is 18.7. The molecule has 1 aliphatic carbocycles. The number of pyridine rings is 1. The average Bonchev–Trinajstić information content (AvgIpc) is 3.66. The number of carbonyl (C=O) groups is 1. The normalized spacial score (nSPS) is 19.2. The lowest BCUT2D eigenvalue weighted by Gasteiger charge is -2.39. The van der Waals surface area contributed by atoms with E-state index in [-0.39, 0.29) is 27.2 Å². The van der Waals surface area contributed by atoms with E-state index in [0.29, 0.717) is 68.2 Å². The lowest BCUT2D eigenvalue weighted by molar-refractivity contribution is -0.384. The van der Waals surface area contributed by atoms with Gasteiger partial charge in [0.2, 0.25) is 5.88 Å². The van der Waals surface area contributed by atoms with E-state index in [4.69, 9.17) is 30.8 Å². The number of hydrogen-bond acceptors (Lipinski definition) is 12. The molecule has 342 valence electrons. The van der Waals surface area contributed by atoms with Crippen LogP contribution >= 0.6 is 11.6 Å². The summed E-state index contributed by atoms with van der Waals surface area (Å²) in [5, 5.41) is 17.0. The molecule has 65 heavy (non-hydrogen) atoms. The molecule has 5 heterocycles. The molecule has 2 saturated heterocycles. The molecule has 2 aromatic heterocycles. The molecule has 0 bridgehead atoms. The minimum Gasteiger partial charge on any atom is -0.476 e. The van der Waals surface area contributed by atoms with Gasteiger partial charge in [-0.05, 0) is 116 Å². The van der Waals surface area contributed by atoms with Gasteiger partial charge in [0.1, 0.15) is 17.0 Å². The topological polar surface area (TPSA) is 182 Å². The van der Waals surface area contributed by atoms with Crippen molar-refractivity contribution in [1.82, 2.24) is 19.6 Å². The number of nitrogens with one attached hydrogen (secondary N) is 4. The number of nitrogens with zero attached hydrogens (tertiary/aromatic N) is 5. The van der Waals surface area contributed by atoms with Gasteiger partial charge in [0.15, 0.2) is 9.92 Å². The maximum Gasteiger partial charge on any atom is 0.293 e. The number of nitro benzene ring substituents is 1. The fourth-order valence-electron chi connectivity index (χ4n) is 9.49. The number of nitro groups is 1. The Bertz CT molecular complexity index is 2730. The number of hydrogen-bond donors (Lipinski definition) is 4. The van der Waals surface area contributed by atoms with E-state index in [1.807, 2.05) is 47.5 Å². The van der Waals surface area contributed by atoms with E-state index in [2.05, 4.69) is 50.8 Å². The third kappa shape index (κ3) is 9.95. The predicted octanol–water partition coefficient (Wildman–Crippen LogP) is 9.42. The number of H-pyrrole nitrogens is 1. The van der Waals surface area contributed by atoms with Crippen molar-refractivity contribution in [2.45, 2.75) is 57.3 Å². The molecule has 3 aromatic carbocycles. The van der Waals surface area contributed by atoms with Crippen molar-refractivity contribution < 1.29 is 23.4 Å². The molecule has 15 nitrogen and oxygen atoms in total. The van der Waals surface area contributed by atoms with Crippen LogP contribution in [0.5, 0.6) is 5.88 Å². The third-order valence-corrected chi connectivity index (χ3v) is 14.9. The van der Waals surface area contributed by atoms with Gasteiger partial charge in [-0.1, -0.05) is 43.2 Å². The average molecular weight is 923 g/mol. The Labute approximate surface area is 384 Å². The number of ether oxygens (including phenoxy) is 2. The van der Waals surface area contributed by atoms with Crippen LogP contribution in [0.4, 0.5) is 28.4 Å². The van der Waals surface area contributed by atoms with Crippen molar-refractivity contribution in [2.75, 3.05) is 80.8 Å². The Morgan fingerprint density at radius 2 is 1.78 bits per heavy atom. The summed E-state index contributed by atoms with van der Waals surface area (Å²) < 4.78 is 37.1. The Morgan fingerprint density at radius 1 is 1.00 bits per heavy atom. The number of allylic oxidation sites excluding steroid dienone is 1. The standard InChI is InChI=1S/C48H56ClN9O6S/c1-48(2)16-12-35(40(29-48)33-4-6-36(49)7-5-33)31-55-19-21-56(22-20-55)37-8-10-39(42(27-37)57-18-3-23-64-47-44(57)26-34-13-17-51-45(34)53-47)46(59)54-65(50,62)38-9-11-41(43(28-38)58(60)61)52-30-32-14-24-63-25-15-32/h4-11,13,17,26-28,32,52H,3,12,14-16,18-25,29-31H2,1-2H3,(H,51,53)(H2,50,54,59,62). The third-order valence-electron chi connectivity index (χ3n) is 13.2. The van der Waals surface area contributed by atoms with Crippen LogP contribution in [-0.4, -0.2) is 95.5 Å². The maximum atomic E-state index is 14.5. The van der Waals surface area contributed by atoms with Crippen molar-refractivity contribution in [3.63, 3.8) is 0 Å². The van der Waals surface area contributed by atoms with E-state index in [9.17, 15) is 19.1 Å². The first-order chi connectivity index (χ1) is 31.3. The first kappa shape index (κ1) is 44.5. The van der Waals surface area contributed by atoms with Gasteiger partial charge in [-0.3, -0.25) is 24.5 Å². The molecule has 1 unspecified atom stereocenters. The van der Waals surface area contributed by atoms with Crippen LogP contribution < -0.4 is 24.6 Å².